The number of ether oxygens (including phenoxy) is 3. The van der Waals surface area contributed by atoms with Gasteiger partial charge in [0.15, 0.2) is 11.5 Å². The number of benzene rings is 1. The molecule has 0 fully saturated rings. The number of carboxylic acids is 1. The van der Waals surface area contributed by atoms with E-state index in [2.05, 4.69) is 5.32 Å². The second kappa shape index (κ2) is 7.98. The highest BCUT2D eigenvalue weighted by molar-refractivity contribution is 5.97. The average Bonchev–Trinajstić information content (AvgIpc) is 2.49. The molecular weight excluding hydrogens is 278 g/mol. The molecule has 0 radical (unpaired) electrons. The van der Waals surface area contributed by atoms with Crippen molar-refractivity contribution in [2.45, 2.75) is 12.8 Å². The van der Waals surface area contributed by atoms with Crippen LogP contribution in [0.3, 0.4) is 0 Å². The minimum absolute atomic E-state index is 0.00332. The van der Waals surface area contributed by atoms with Crippen LogP contribution in [0.5, 0.6) is 17.2 Å². The van der Waals surface area contributed by atoms with Crippen LogP contribution in [-0.4, -0.2) is 44.9 Å². The molecule has 1 rings (SSSR count). The Morgan fingerprint density at radius 3 is 2.14 bits per heavy atom. The number of hydrogen-bond donors (Lipinski definition) is 2. The molecule has 7 heteroatoms. The molecule has 2 N–H and O–H groups in total. The van der Waals surface area contributed by atoms with Gasteiger partial charge in [-0.25, -0.2) is 0 Å². The van der Waals surface area contributed by atoms with Crippen molar-refractivity contribution in [1.82, 2.24) is 5.32 Å². The van der Waals surface area contributed by atoms with E-state index >= 15 is 0 Å². The van der Waals surface area contributed by atoms with E-state index in [0.717, 1.165) is 0 Å². The number of hydrogen-bond acceptors (Lipinski definition) is 5. The minimum Gasteiger partial charge on any atom is -0.496 e. The fourth-order valence-corrected chi connectivity index (χ4v) is 1.74. The summed E-state index contributed by atoms with van der Waals surface area (Å²) in [6.07, 6.45) is 0.361. The van der Waals surface area contributed by atoms with Crippen molar-refractivity contribution >= 4 is 11.9 Å². The maximum Gasteiger partial charge on any atom is 0.303 e. The largest absolute Gasteiger partial charge is 0.496 e. The van der Waals surface area contributed by atoms with Crippen LogP contribution in [0.25, 0.3) is 0 Å². The van der Waals surface area contributed by atoms with E-state index in [1.807, 2.05) is 0 Å². The Kier molecular flexibility index (Phi) is 6.32. The lowest BCUT2D eigenvalue weighted by Gasteiger charge is -2.13. The Morgan fingerprint density at radius 2 is 1.62 bits per heavy atom. The molecular formula is C14H19NO6. The molecule has 0 aliphatic carbocycles. The lowest BCUT2D eigenvalue weighted by molar-refractivity contribution is -0.137. The van der Waals surface area contributed by atoms with E-state index in [9.17, 15) is 9.59 Å². The van der Waals surface area contributed by atoms with Crippen molar-refractivity contribution < 1.29 is 28.9 Å². The fourth-order valence-electron chi connectivity index (χ4n) is 1.74. The maximum absolute atomic E-state index is 12.1. The van der Waals surface area contributed by atoms with Crippen molar-refractivity contribution in [2.75, 3.05) is 27.9 Å². The molecule has 0 unspecified atom stereocenters. The van der Waals surface area contributed by atoms with Gasteiger partial charge in [-0.2, -0.15) is 0 Å². The first-order chi connectivity index (χ1) is 10.0. The molecule has 1 amide bonds. The highest BCUT2D eigenvalue weighted by Crippen LogP contribution is 2.34. The Hall–Kier alpha value is -2.44. The number of rotatable bonds is 8. The molecule has 0 aromatic heterocycles. The third-order valence-electron chi connectivity index (χ3n) is 2.80. The summed E-state index contributed by atoms with van der Waals surface area (Å²) >= 11 is 0. The summed E-state index contributed by atoms with van der Waals surface area (Å²) in [6.45, 7) is 0.267. The molecule has 7 nitrogen and oxygen atoms in total. The van der Waals surface area contributed by atoms with Crippen molar-refractivity contribution in [3.8, 4) is 17.2 Å². The van der Waals surface area contributed by atoms with Gasteiger partial charge in [-0.1, -0.05) is 0 Å². The van der Waals surface area contributed by atoms with Gasteiger partial charge >= 0.3 is 5.97 Å². The van der Waals surface area contributed by atoms with Crippen molar-refractivity contribution in [2.24, 2.45) is 0 Å². The van der Waals surface area contributed by atoms with Crippen LogP contribution in [-0.2, 0) is 4.79 Å². The van der Waals surface area contributed by atoms with E-state index in [0.29, 0.717) is 29.2 Å². The molecule has 0 aliphatic rings. The Balaban J connectivity index is 2.84. The number of methoxy groups -OCH3 is 3. The van der Waals surface area contributed by atoms with Crippen LogP contribution in [0, 0.1) is 0 Å². The smallest absolute Gasteiger partial charge is 0.303 e. The quantitative estimate of drug-likeness (QED) is 0.703. The molecule has 0 saturated carbocycles. The van der Waals surface area contributed by atoms with Gasteiger partial charge in [0.1, 0.15) is 5.75 Å². The number of nitrogens with one attached hydrogen (secondary N) is 1. The standard InChI is InChI=1S/C14H19NO6/c1-19-10-8-12(21-3)11(20-2)7-9(10)14(18)15-6-4-5-13(16)17/h7-8H,4-6H2,1-3H3,(H,15,18)(H,16,17). The van der Waals surface area contributed by atoms with Gasteiger partial charge in [-0.3, -0.25) is 9.59 Å². The fraction of sp³-hybridized carbons (Fsp3) is 0.429. The van der Waals surface area contributed by atoms with E-state index in [1.165, 1.54) is 27.4 Å². The molecule has 0 saturated heterocycles. The zero-order valence-electron chi connectivity index (χ0n) is 12.3. The molecule has 0 heterocycles. The third kappa shape index (κ3) is 4.55. The summed E-state index contributed by atoms with van der Waals surface area (Å²) in [5.74, 6) is -0.0414. The molecule has 0 aliphatic heterocycles. The van der Waals surface area contributed by atoms with Gasteiger partial charge in [0.05, 0.1) is 26.9 Å². The average molecular weight is 297 g/mol. The van der Waals surface area contributed by atoms with E-state index < -0.39 is 5.97 Å². The monoisotopic (exact) mass is 297 g/mol. The van der Waals surface area contributed by atoms with Crippen molar-refractivity contribution in [3.63, 3.8) is 0 Å². The Labute approximate surface area is 122 Å². The molecule has 21 heavy (non-hydrogen) atoms. The van der Waals surface area contributed by atoms with Crippen LogP contribution >= 0.6 is 0 Å². The predicted molar refractivity (Wildman–Crippen MR) is 75.3 cm³/mol. The second-order valence-corrected chi connectivity index (χ2v) is 4.16. The molecule has 0 spiro atoms. The lowest BCUT2D eigenvalue weighted by atomic mass is 10.1. The van der Waals surface area contributed by atoms with Gasteiger partial charge < -0.3 is 24.6 Å². The zero-order chi connectivity index (χ0) is 15.8. The van der Waals surface area contributed by atoms with Crippen LogP contribution in [0.15, 0.2) is 12.1 Å². The summed E-state index contributed by atoms with van der Waals surface area (Å²) in [7, 11) is 4.41. The van der Waals surface area contributed by atoms with Crippen LogP contribution in [0.1, 0.15) is 23.2 Å². The lowest BCUT2D eigenvalue weighted by Crippen LogP contribution is -2.25. The van der Waals surface area contributed by atoms with Gasteiger partial charge in [-0.05, 0) is 6.42 Å². The number of carbonyl (C=O) groups excluding carboxylic acids is 1. The van der Waals surface area contributed by atoms with Crippen LogP contribution in [0.4, 0.5) is 0 Å². The summed E-state index contributed by atoms with van der Waals surface area (Å²) in [5, 5.41) is 11.2. The second-order valence-electron chi connectivity index (χ2n) is 4.16. The summed E-state index contributed by atoms with van der Waals surface area (Å²) in [4.78, 5) is 22.5. The first-order valence-corrected chi connectivity index (χ1v) is 6.33. The van der Waals surface area contributed by atoms with Crippen LogP contribution < -0.4 is 19.5 Å². The first kappa shape index (κ1) is 16.6. The van der Waals surface area contributed by atoms with Crippen molar-refractivity contribution in [3.05, 3.63) is 17.7 Å². The Bertz CT molecular complexity index is 514. The first-order valence-electron chi connectivity index (χ1n) is 6.33. The van der Waals surface area contributed by atoms with E-state index in [-0.39, 0.29) is 18.9 Å². The van der Waals surface area contributed by atoms with Crippen molar-refractivity contribution in [1.29, 1.82) is 0 Å². The molecule has 1 aromatic rings. The Morgan fingerprint density at radius 1 is 1.05 bits per heavy atom. The molecule has 0 bridgehead atoms. The maximum atomic E-state index is 12.1. The number of amides is 1. The highest BCUT2D eigenvalue weighted by atomic mass is 16.5. The van der Waals surface area contributed by atoms with Gasteiger partial charge in [0.2, 0.25) is 0 Å². The molecule has 116 valence electrons. The summed E-state index contributed by atoms with van der Waals surface area (Å²) < 4.78 is 15.4. The van der Waals surface area contributed by atoms with Gasteiger partial charge in [0, 0.05) is 25.1 Å². The zero-order valence-corrected chi connectivity index (χ0v) is 12.3. The van der Waals surface area contributed by atoms with E-state index in [4.69, 9.17) is 19.3 Å². The van der Waals surface area contributed by atoms with Crippen LogP contribution in [0.2, 0.25) is 0 Å². The number of aliphatic carboxylic acids is 1. The summed E-state index contributed by atoms with van der Waals surface area (Å²) in [5.41, 5.74) is 0.297. The number of carbonyl (C=O) groups is 2. The minimum atomic E-state index is -0.895. The SMILES string of the molecule is COc1cc(OC)c(C(=O)NCCCC(=O)O)cc1OC. The molecule has 1 aromatic carbocycles. The number of carboxylic acid groups (broad SMARTS) is 1. The highest BCUT2D eigenvalue weighted by Gasteiger charge is 2.17. The van der Waals surface area contributed by atoms with Gasteiger partial charge in [0.25, 0.3) is 5.91 Å². The third-order valence-corrected chi connectivity index (χ3v) is 2.80. The van der Waals surface area contributed by atoms with E-state index in [1.54, 1.807) is 6.07 Å². The normalized spacial score (nSPS) is 9.86. The molecule has 0 atom stereocenters. The topological polar surface area (TPSA) is 94.1 Å². The summed E-state index contributed by atoms with van der Waals surface area (Å²) in [6, 6.07) is 3.08. The van der Waals surface area contributed by atoms with Gasteiger partial charge in [-0.15, -0.1) is 0 Å². The predicted octanol–water partition coefficient (Wildman–Crippen LogP) is 1.31.